The van der Waals surface area contributed by atoms with Gasteiger partial charge in [-0.15, -0.1) is 0 Å². The fourth-order valence-corrected chi connectivity index (χ4v) is 2.72. The predicted octanol–water partition coefficient (Wildman–Crippen LogP) is 1.98. The number of fused-ring (bicyclic) bond motifs is 1. The summed E-state index contributed by atoms with van der Waals surface area (Å²) in [5, 5.41) is 0. The molecule has 2 fully saturated rings. The molecule has 0 aromatic carbocycles. The van der Waals surface area contributed by atoms with Crippen LogP contribution in [-0.4, -0.2) is 12.6 Å². The molecule has 1 saturated heterocycles. The molecule has 0 amide bonds. The Hall–Kier alpha value is -1.12. The van der Waals surface area contributed by atoms with Gasteiger partial charge in [0, 0.05) is 5.92 Å². The second-order valence-corrected chi connectivity index (χ2v) is 4.34. The molecular weight excluding hydrogens is 183 g/mol. The van der Waals surface area contributed by atoms with Crippen molar-refractivity contribution >= 4 is 5.97 Å². The molecule has 1 aliphatic heterocycles. The highest BCUT2D eigenvalue weighted by Gasteiger charge is 2.68. The number of cyclic esters (lactones) is 1. The monoisotopic (exact) mass is 194 g/mol. The van der Waals surface area contributed by atoms with E-state index in [2.05, 4.69) is 0 Å². The van der Waals surface area contributed by atoms with E-state index >= 15 is 0 Å². The number of esters is 1. The van der Waals surface area contributed by atoms with E-state index in [-0.39, 0.29) is 23.1 Å². The first-order valence-corrected chi connectivity index (χ1v) is 4.94. The number of ether oxygens (including phenoxy) is 1. The maximum atomic E-state index is 13.0. The van der Waals surface area contributed by atoms with Crippen molar-refractivity contribution in [2.45, 2.75) is 12.8 Å². The van der Waals surface area contributed by atoms with Gasteiger partial charge < -0.3 is 4.74 Å². The summed E-state index contributed by atoms with van der Waals surface area (Å²) in [4.78, 5) is 11.5. The van der Waals surface area contributed by atoms with Crippen LogP contribution in [0.4, 0.5) is 4.39 Å². The largest absolute Gasteiger partial charge is 0.465 e. The molecule has 3 heteroatoms. The van der Waals surface area contributed by atoms with E-state index in [0.717, 1.165) is 12.8 Å². The number of rotatable bonds is 1. The summed E-state index contributed by atoms with van der Waals surface area (Å²) in [7, 11) is 0. The standard InChI is InChI=1S/C11H11FO2/c12-9-3-1-2-7(4-9)11-5-8(11)6-14-10(11)13/h1,3-4,7-8H,2,5-6H2/t7?,8-,11+/m0/s1. The molecule has 0 spiro atoms. The first-order chi connectivity index (χ1) is 6.73. The maximum Gasteiger partial charge on any atom is 0.313 e. The van der Waals surface area contributed by atoms with E-state index in [4.69, 9.17) is 4.74 Å². The van der Waals surface area contributed by atoms with E-state index < -0.39 is 0 Å². The van der Waals surface area contributed by atoms with Crippen LogP contribution in [0.5, 0.6) is 0 Å². The summed E-state index contributed by atoms with van der Waals surface area (Å²) < 4.78 is 18.0. The third kappa shape index (κ3) is 0.873. The summed E-state index contributed by atoms with van der Waals surface area (Å²) >= 11 is 0. The van der Waals surface area contributed by atoms with Crippen LogP contribution >= 0.6 is 0 Å². The van der Waals surface area contributed by atoms with Crippen LogP contribution in [0.15, 0.2) is 24.1 Å². The van der Waals surface area contributed by atoms with E-state index in [1.54, 1.807) is 12.2 Å². The normalized spacial score (nSPS) is 44.4. The molecule has 0 radical (unpaired) electrons. The first-order valence-electron chi connectivity index (χ1n) is 4.94. The minimum Gasteiger partial charge on any atom is -0.465 e. The van der Waals surface area contributed by atoms with Crippen molar-refractivity contribution in [1.82, 2.24) is 0 Å². The van der Waals surface area contributed by atoms with Crippen LogP contribution in [-0.2, 0) is 9.53 Å². The molecule has 74 valence electrons. The lowest BCUT2D eigenvalue weighted by molar-refractivity contribution is -0.146. The van der Waals surface area contributed by atoms with Crippen molar-refractivity contribution in [1.29, 1.82) is 0 Å². The van der Waals surface area contributed by atoms with Crippen molar-refractivity contribution < 1.29 is 13.9 Å². The summed E-state index contributed by atoms with van der Waals surface area (Å²) in [6.45, 7) is 0.536. The van der Waals surface area contributed by atoms with Crippen LogP contribution in [0.25, 0.3) is 0 Å². The van der Waals surface area contributed by atoms with E-state index in [9.17, 15) is 9.18 Å². The third-order valence-electron chi connectivity index (χ3n) is 3.64. The van der Waals surface area contributed by atoms with Gasteiger partial charge >= 0.3 is 5.97 Å². The number of allylic oxidation sites excluding steroid dienone is 4. The van der Waals surface area contributed by atoms with E-state index in [1.807, 2.05) is 0 Å². The van der Waals surface area contributed by atoms with Crippen LogP contribution in [0.2, 0.25) is 0 Å². The van der Waals surface area contributed by atoms with Gasteiger partial charge in [-0.1, -0.05) is 6.08 Å². The Kier molecular flexibility index (Phi) is 1.45. The quantitative estimate of drug-likeness (QED) is 0.596. The minimum atomic E-state index is -0.359. The van der Waals surface area contributed by atoms with Crippen LogP contribution < -0.4 is 0 Å². The zero-order chi connectivity index (χ0) is 9.76. The number of carbonyl (C=O) groups excluding carboxylic acids is 1. The Morgan fingerprint density at radius 3 is 3.00 bits per heavy atom. The molecule has 0 aromatic rings. The van der Waals surface area contributed by atoms with Gasteiger partial charge in [-0.3, -0.25) is 4.79 Å². The summed E-state index contributed by atoms with van der Waals surface area (Å²) in [6, 6.07) is 0. The molecule has 0 aromatic heterocycles. The highest BCUT2D eigenvalue weighted by Crippen LogP contribution is 2.64. The van der Waals surface area contributed by atoms with Gasteiger partial charge in [0.05, 0.1) is 12.0 Å². The molecule has 14 heavy (non-hydrogen) atoms. The molecule has 0 bridgehead atoms. The lowest BCUT2D eigenvalue weighted by Crippen LogP contribution is -2.24. The fraction of sp³-hybridized carbons (Fsp3) is 0.545. The molecule has 1 saturated carbocycles. The SMILES string of the molecule is O=C1OC[C@@H]2C[C@]12C1C=C(F)C=CC1. The zero-order valence-corrected chi connectivity index (χ0v) is 7.70. The average Bonchev–Trinajstić information content (AvgIpc) is 2.83. The topological polar surface area (TPSA) is 26.3 Å². The van der Waals surface area contributed by atoms with Crippen LogP contribution in [0.3, 0.4) is 0 Å². The van der Waals surface area contributed by atoms with Crippen LogP contribution in [0.1, 0.15) is 12.8 Å². The molecule has 0 N–H and O–H groups in total. The highest BCUT2D eigenvalue weighted by molar-refractivity contribution is 5.84. The molecule has 2 nitrogen and oxygen atoms in total. The Morgan fingerprint density at radius 2 is 2.43 bits per heavy atom. The number of hydrogen-bond acceptors (Lipinski definition) is 2. The lowest BCUT2D eigenvalue weighted by atomic mass is 9.83. The molecular formula is C11H11FO2. The molecule has 2 aliphatic carbocycles. The molecule has 1 unspecified atom stereocenters. The Balaban J connectivity index is 1.90. The van der Waals surface area contributed by atoms with Gasteiger partial charge in [0.2, 0.25) is 0 Å². The van der Waals surface area contributed by atoms with Gasteiger partial charge in [-0.05, 0) is 30.9 Å². The molecule has 3 rings (SSSR count). The van der Waals surface area contributed by atoms with Crippen molar-refractivity contribution in [2.75, 3.05) is 6.61 Å². The Labute approximate surface area is 81.4 Å². The highest BCUT2D eigenvalue weighted by atomic mass is 19.1. The van der Waals surface area contributed by atoms with E-state index in [0.29, 0.717) is 12.5 Å². The van der Waals surface area contributed by atoms with Gasteiger partial charge in [0.1, 0.15) is 5.83 Å². The summed E-state index contributed by atoms with van der Waals surface area (Å²) in [6.07, 6.45) is 6.49. The Bertz CT molecular complexity index is 358. The zero-order valence-electron chi connectivity index (χ0n) is 7.70. The van der Waals surface area contributed by atoms with Crippen LogP contribution in [0, 0.1) is 17.3 Å². The van der Waals surface area contributed by atoms with Gasteiger partial charge in [-0.2, -0.15) is 0 Å². The maximum absolute atomic E-state index is 13.0. The third-order valence-corrected chi connectivity index (χ3v) is 3.64. The smallest absolute Gasteiger partial charge is 0.313 e. The Morgan fingerprint density at radius 1 is 1.57 bits per heavy atom. The summed E-state index contributed by atoms with van der Waals surface area (Å²) in [5.41, 5.74) is -0.359. The molecule has 1 heterocycles. The van der Waals surface area contributed by atoms with E-state index in [1.165, 1.54) is 6.08 Å². The number of carbonyl (C=O) groups is 1. The van der Waals surface area contributed by atoms with Crippen molar-refractivity contribution in [3.05, 3.63) is 24.1 Å². The summed E-state index contributed by atoms with van der Waals surface area (Å²) in [5.74, 6) is 0.0240. The minimum absolute atomic E-state index is 0.0208. The average molecular weight is 194 g/mol. The van der Waals surface area contributed by atoms with Crippen molar-refractivity contribution in [3.63, 3.8) is 0 Å². The van der Waals surface area contributed by atoms with Gasteiger partial charge in [0.15, 0.2) is 0 Å². The molecule has 3 aliphatic rings. The lowest BCUT2D eigenvalue weighted by Gasteiger charge is -2.20. The van der Waals surface area contributed by atoms with Gasteiger partial charge in [0.25, 0.3) is 0 Å². The number of halogens is 1. The second-order valence-electron chi connectivity index (χ2n) is 4.34. The number of hydrogen-bond donors (Lipinski definition) is 0. The van der Waals surface area contributed by atoms with Gasteiger partial charge in [-0.25, -0.2) is 4.39 Å². The first kappa shape index (κ1) is 8.21. The van der Waals surface area contributed by atoms with Crippen molar-refractivity contribution in [2.24, 2.45) is 17.3 Å². The second kappa shape index (κ2) is 2.47. The fourth-order valence-electron chi connectivity index (χ4n) is 2.72. The predicted molar refractivity (Wildman–Crippen MR) is 47.9 cm³/mol. The van der Waals surface area contributed by atoms with Crippen molar-refractivity contribution in [3.8, 4) is 0 Å². The molecule has 3 atom stereocenters.